The van der Waals surface area contributed by atoms with Gasteiger partial charge in [-0.2, -0.15) is 4.99 Å². The lowest BCUT2D eigenvalue weighted by molar-refractivity contribution is -0.118. The van der Waals surface area contributed by atoms with Crippen LogP contribution in [0, 0.1) is 11.7 Å². The summed E-state index contributed by atoms with van der Waals surface area (Å²) in [6.07, 6.45) is 6.26. The molecule has 5 nitrogen and oxygen atoms in total. The molecule has 28 heavy (non-hydrogen) atoms. The Morgan fingerprint density at radius 2 is 1.89 bits per heavy atom. The maximum absolute atomic E-state index is 13.2. The van der Waals surface area contributed by atoms with Crippen LogP contribution in [0.15, 0.2) is 29.3 Å². The third kappa shape index (κ3) is 4.59. The number of amides is 1. The van der Waals surface area contributed by atoms with E-state index in [1.54, 1.807) is 12.1 Å². The third-order valence-electron chi connectivity index (χ3n) is 5.90. The Hall–Kier alpha value is -1.41. The summed E-state index contributed by atoms with van der Waals surface area (Å²) in [5, 5.41) is 0.525. The van der Waals surface area contributed by atoms with E-state index in [9.17, 15) is 17.6 Å². The van der Waals surface area contributed by atoms with Gasteiger partial charge in [-0.25, -0.2) is 12.8 Å². The topological polar surface area (TPSA) is 66.8 Å². The zero-order valence-electron chi connectivity index (χ0n) is 15.7. The Morgan fingerprint density at radius 1 is 1.18 bits per heavy atom. The molecule has 0 aromatic heterocycles. The number of thioether (sulfide) groups is 1. The van der Waals surface area contributed by atoms with Crippen LogP contribution in [0.1, 0.15) is 44.1 Å². The summed E-state index contributed by atoms with van der Waals surface area (Å²) in [5.41, 5.74) is 0.873. The first-order chi connectivity index (χ1) is 13.4. The van der Waals surface area contributed by atoms with Gasteiger partial charge < -0.3 is 4.90 Å². The monoisotopic (exact) mass is 424 g/mol. The quantitative estimate of drug-likeness (QED) is 0.725. The molecule has 1 aromatic rings. The molecule has 1 saturated carbocycles. The van der Waals surface area contributed by atoms with Crippen molar-refractivity contribution in [1.82, 2.24) is 4.90 Å². The molecule has 0 unspecified atom stereocenters. The highest BCUT2D eigenvalue weighted by molar-refractivity contribution is 8.15. The first-order valence-corrected chi connectivity index (χ1v) is 12.6. The minimum Gasteiger partial charge on any atom is -0.342 e. The molecule has 0 radical (unpaired) electrons. The summed E-state index contributed by atoms with van der Waals surface area (Å²) in [6.45, 7) is 0.429. The fourth-order valence-electron chi connectivity index (χ4n) is 4.40. The molecule has 0 N–H and O–H groups in total. The summed E-state index contributed by atoms with van der Waals surface area (Å²) >= 11 is 1.40. The number of amidine groups is 1. The maximum Gasteiger partial charge on any atom is 0.248 e. The van der Waals surface area contributed by atoms with Gasteiger partial charge in [0.1, 0.15) is 5.82 Å². The second-order valence-corrected chi connectivity index (χ2v) is 11.4. The lowest BCUT2D eigenvalue weighted by atomic mass is 10.0. The van der Waals surface area contributed by atoms with Crippen molar-refractivity contribution in [1.29, 1.82) is 0 Å². The van der Waals surface area contributed by atoms with E-state index >= 15 is 0 Å². The number of benzene rings is 1. The number of hydrogen-bond donors (Lipinski definition) is 0. The summed E-state index contributed by atoms with van der Waals surface area (Å²) in [6, 6.07) is 5.99. The number of carbonyl (C=O) groups is 1. The maximum atomic E-state index is 13.2. The number of halogens is 1. The number of nitrogens with zero attached hydrogens (tertiary/aromatic N) is 2. The smallest absolute Gasteiger partial charge is 0.248 e. The van der Waals surface area contributed by atoms with Crippen molar-refractivity contribution < 1.29 is 17.6 Å². The Bertz CT molecular complexity index is 864. The molecule has 4 rings (SSSR count). The molecule has 2 heterocycles. The molecule has 152 valence electrons. The predicted molar refractivity (Wildman–Crippen MR) is 109 cm³/mol. The zero-order valence-corrected chi connectivity index (χ0v) is 17.4. The minimum atomic E-state index is -3.07. The molecule has 3 aliphatic rings. The molecular weight excluding hydrogens is 399 g/mol. The fourth-order valence-corrected chi connectivity index (χ4v) is 8.36. The highest BCUT2D eigenvalue weighted by atomic mass is 32.2. The van der Waals surface area contributed by atoms with Crippen LogP contribution in [-0.2, 0) is 21.2 Å². The first kappa shape index (κ1) is 19.9. The predicted octanol–water partition coefficient (Wildman–Crippen LogP) is 3.39. The van der Waals surface area contributed by atoms with Crippen LogP contribution >= 0.6 is 11.8 Å². The van der Waals surface area contributed by atoms with Crippen molar-refractivity contribution in [2.24, 2.45) is 10.9 Å². The van der Waals surface area contributed by atoms with Crippen LogP contribution in [-0.4, -0.2) is 47.2 Å². The molecule has 1 aromatic carbocycles. The van der Waals surface area contributed by atoms with E-state index in [-0.39, 0.29) is 34.5 Å². The van der Waals surface area contributed by atoms with Crippen molar-refractivity contribution in [2.75, 3.05) is 11.5 Å². The van der Waals surface area contributed by atoms with Crippen LogP contribution in [0.2, 0.25) is 0 Å². The third-order valence-corrected chi connectivity index (χ3v) is 9.15. The Morgan fingerprint density at radius 3 is 2.61 bits per heavy atom. The lowest BCUT2D eigenvalue weighted by Crippen LogP contribution is -2.37. The minimum absolute atomic E-state index is 0.0845. The fraction of sp³-hybridized carbons (Fsp3) is 0.600. The van der Waals surface area contributed by atoms with E-state index in [1.807, 2.05) is 4.90 Å². The van der Waals surface area contributed by atoms with Crippen LogP contribution in [0.4, 0.5) is 4.39 Å². The average Bonchev–Trinajstić information content (AvgIpc) is 3.32. The van der Waals surface area contributed by atoms with E-state index in [1.165, 1.54) is 49.6 Å². The largest absolute Gasteiger partial charge is 0.342 e. The molecule has 8 heteroatoms. The van der Waals surface area contributed by atoms with Gasteiger partial charge in [0.15, 0.2) is 15.0 Å². The highest BCUT2D eigenvalue weighted by Crippen LogP contribution is 2.39. The molecule has 0 spiro atoms. The first-order valence-electron chi connectivity index (χ1n) is 9.89. The molecule has 0 bridgehead atoms. The second-order valence-electron chi connectivity index (χ2n) is 8.03. The number of carbonyl (C=O) groups excluding carboxylic acids is 1. The van der Waals surface area contributed by atoms with E-state index in [4.69, 9.17) is 0 Å². The Labute approximate surface area is 169 Å². The molecular formula is C20H25FN2O3S2. The van der Waals surface area contributed by atoms with Crippen LogP contribution < -0.4 is 0 Å². The van der Waals surface area contributed by atoms with Crippen LogP contribution in [0.3, 0.4) is 0 Å². The van der Waals surface area contributed by atoms with E-state index in [0.717, 1.165) is 12.0 Å². The van der Waals surface area contributed by atoms with Crippen molar-refractivity contribution in [3.8, 4) is 0 Å². The van der Waals surface area contributed by atoms with Gasteiger partial charge in [-0.3, -0.25) is 4.79 Å². The zero-order chi connectivity index (χ0) is 19.7. The SMILES string of the molecule is O=C(CCC1CCCC1)N=C1S[C@H]2CS(=O)(=O)C[C@H]2N1Cc1ccc(F)cc1. The molecule has 2 atom stereocenters. The number of sulfone groups is 1. The molecule has 3 fully saturated rings. The molecule has 1 aliphatic carbocycles. The van der Waals surface area contributed by atoms with Crippen LogP contribution in [0.25, 0.3) is 0 Å². The Balaban J connectivity index is 1.49. The summed E-state index contributed by atoms with van der Waals surface area (Å²) < 4.78 is 37.4. The summed E-state index contributed by atoms with van der Waals surface area (Å²) in [7, 11) is -3.07. The summed E-state index contributed by atoms with van der Waals surface area (Å²) in [4.78, 5) is 18.7. The normalized spacial score (nSPS) is 28.2. The van der Waals surface area contributed by atoms with E-state index < -0.39 is 9.84 Å². The van der Waals surface area contributed by atoms with Gasteiger partial charge in [0.25, 0.3) is 0 Å². The molecule has 2 aliphatic heterocycles. The van der Waals surface area contributed by atoms with Crippen LogP contribution in [0.5, 0.6) is 0 Å². The lowest BCUT2D eigenvalue weighted by Gasteiger charge is -2.24. The van der Waals surface area contributed by atoms with Gasteiger partial charge in [-0.1, -0.05) is 49.6 Å². The number of rotatable bonds is 5. The van der Waals surface area contributed by atoms with E-state index in [0.29, 0.717) is 24.1 Å². The number of fused-ring (bicyclic) bond motifs is 1. The van der Waals surface area contributed by atoms with Crippen molar-refractivity contribution in [2.45, 2.75) is 56.4 Å². The standard InChI is InChI=1S/C20H25FN2O3S2/c21-16-8-5-15(6-9-16)11-23-17-12-28(25,26)13-18(17)27-20(23)22-19(24)10-7-14-3-1-2-4-14/h5-6,8-9,14,17-18H,1-4,7,10-13H2/t17-,18+/m1/s1. The second kappa shape index (κ2) is 8.14. The van der Waals surface area contributed by atoms with Crippen molar-refractivity contribution in [3.05, 3.63) is 35.6 Å². The van der Waals surface area contributed by atoms with Gasteiger partial charge in [0.2, 0.25) is 5.91 Å². The van der Waals surface area contributed by atoms with E-state index in [2.05, 4.69) is 4.99 Å². The van der Waals surface area contributed by atoms with Gasteiger partial charge in [0, 0.05) is 18.2 Å². The molecule has 2 saturated heterocycles. The number of aliphatic imine (C=N–C) groups is 1. The van der Waals surface area contributed by atoms with Crippen molar-refractivity contribution >= 4 is 32.7 Å². The van der Waals surface area contributed by atoms with Crippen molar-refractivity contribution in [3.63, 3.8) is 0 Å². The van der Waals surface area contributed by atoms with Gasteiger partial charge in [0.05, 0.1) is 17.5 Å². The molecule has 1 amide bonds. The van der Waals surface area contributed by atoms with Gasteiger partial charge in [-0.05, 0) is 30.0 Å². The van der Waals surface area contributed by atoms with Gasteiger partial charge >= 0.3 is 0 Å². The average molecular weight is 425 g/mol. The highest BCUT2D eigenvalue weighted by Gasteiger charge is 2.48. The summed E-state index contributed by atoms with van der Waals surface area (Å²) in [5.74, 6) is 0.414. The Kier molecular flexibility index (Phi) is 5.78. The number of hydrogen-bond acceptors (Lipinski definition) is 4. The van der Waals surface area contributed by atoms with Gasteiger partial charge in [-0.15, -0.1) is 0 Å².